The normalized spacial score (nSPS) is 18.8. The van der Waals surface area contributed by atoms with Crippen molar-refractivity contribution in [3.63, 3.8) is 0 Å². The van der Waals surface area contributed by atoms with Crippen LogP contribution in [-0.4, -0.2) is 11.5 Å². The summed E-state index contributed by atoms with van der Waals surface area (Å²) in [4.78, 5) is 4.64. The molecule has 1 unspecified atom stereocenters. The molecular formula is C16H26N2. The maximum Gasteiger partial charge on any atom is 0.0605 e. The van der Waals surface area contributed by atoms with Gasteiger partial charge in [0.2, 0.25) is 0 Å². The average molecular weight is 246 g/mol. The van der Waals surface area contributed by atoms with Crippen LogP contribution in [0.3, 0.4) is 0 Å². The summed E-state index contributed by atoms with van der Waals surface area (Å²) in [5.41, 5.74) is 2.61. The third-order valence-corrected chi connectivity index (χ3v) is 4.08. The molecule has 18 heavy (non-hydrogen) atoms. The number of pyridine rings is 1. The highest BCUT2D eigenvalue weighted by Crippen LogP contribution is 2.34. The van der Waals surface area contributed by atoms with Gasteiger partial charge < -0.3 is 5.32 Å². The van der Waals surface area contributed by atoms with Crippen LogP contribution in [-0.2, 0) is 0 Å². The van der Waals surface area contributed by atoms with Crippen molar-refractivity contribution < 1.29 is 0 Å². The summed E-state index contributed by atoms with van der Waals surface area (Å²) in [5.74, 6) is 0.777. The molecule has 1 aromatic heterocycles. The SMILES string of the molecule is CCCNC(c1ncccc1C)C1CCCCC1. The lowest BCUT2D eigenvalue weighted by Crippen LogP contribution is -2.31. The van der Waals surface area contributed by atoms with Crippen LogP contribution in [0.4, 0.5) is 0 Å². The van der Waals surface area contributed by atoms with E-state index in [-0.39, 0.29) is 0 Å². The summed E-state index contributed by atoms with van der Waals surface area (Å²) in [7, 11) is 0. The molecule has 0 aliphatic heterocycles. The van der Waals surface area contributed by atoms with Gasteiger partial charge in [-0.3, -0.25) is 4.98 Å². The maximum absolute atomic E-state index is 4.64. The van der Waals surface area contributed by atoms with Gasteiger partial charge in [0.05, 0.1) is 11.7 Å². The van der Waals surface area contributed by atoms with Gasteiger partial charge in [-0.1, -0.05) is 32.3 Å². The topological polar surface area (TPSA) is 24.9 Å². The van der Waals surface area contributed by atoms with Crippen LogP contribution in [0.1, 0.15) is 62.7 Å². The number of hydrogen-bond acceptors (Lipinski definition) is 2. The standard InChI is InChI=1S/C16H26N2/c1-3-11-17-16(14-9-5-4-6-10-14)15-13(2)8-7-12-18-15/h7-8,12,14,16-17H,3-6,9-11H2,1-2H3. The Morgan fingerprint density at radius 3 is 2.78 bits per heavy atom. The Kier molecular flexibility index (Phi) is 5.18. The van der Waals surface area contributed by atoms with Gasteiger partial charge >= 0.3 is 0 Å². The molecule has 0 radical (unpaired) electrons. The van der Waals surface area contributed by atoms with Crippen LogP contribution >= 0.6 is 0 Å². The van der Waals surface area contributed by atoms with Crippen LogP contribution < -0.4 is 5.32 Å². The minimum atomic E-state index is 0.464. The second-order valence-electron chi connectivity index (χ2n) is 5.54. The molecule has 2 nitrogen and oxygen atoms in total. The largest absolute Gasteiger partial charge is 0.308 e. The van der Waals surface area contributed by atoms with Crippen molar-refractivity contribution >= 4 is 0 Å². The first-order valence-electron chi connectivity index (χ1n) is 7.47. The molecule has 0 spiro atoms. The first kappa shape index (κ1) is 13.5. The molecule has 0 saturated heterocycles. The molecule has 0 aromatic carbocycles. The van der Waals surface area contributed by atoms with Gasteiger partial charge in [0, 0.05) is 6.20 Å². The number of aryl methyl sites for hydroxylation is 1. The molecule has 1 fully saturated rings. The second kappa shape index (κ2) is 6.89. The Balaban J connectivity index is 2.15. The van der Waals surface area contributed by atoms with Crippen molar-refractivity contribution in [3.8, 4) is 0 Å². The number of rotatable bonds is 5. The number of nitrogens with zero attached hydrogens (tertiary/aromatic N) is 1. The van der Waals surface area contributed by atoms with Crippen LogP contribution in [0.5, 0.6) is 0 Å². The molecule has 0 bridgehead atoms. The highest BCUT2D eigenvalue weighted by Gasteiger charge is 2.26. The van der Waals surface area contributed by atoms with Crippen LogP contribution in [0.15, 0.2) is 18.3 Å². The molecule has 100 valence electrons. The van der Waals surface area contributed by atoms with Crippen molar-refractivity contribution in [1.29, 1.82) is 0 Å². The van der Waals surface area contributed by atoms with Gasteiger partial charge in [-0.15, -0.1) is 0 Å². The van der Waals surface area contributed by atoms with Gasteiger partial charge in [0.15, 0.2) is 0 Å². The summed E-state index contributed by atoms with van der Waals surface area (Å²) in [6.07, 6.45) is 10.0. The van der Waals surface area contributed by atoms with E-state index in [4.69, 9.17) is 0 Å². The summed E-state index contributed by atoms with van der Waals surface area (Å²) in [6.45, 7) is 5.51. The molecule has 1 aromatic rings. The minimum Gasteiger partial charge on any atom is -0.308 e. The monoisotopic (exact) mass is 246 g/mol. The highest BCUT2D eigenvalue weighted by atomic mass is 14.9. The van der Waals surface area contributed by atoms with Gasteiger partial charge in [-0.05, 0) is 50.3 Å². The van der Waals surface area contributed by atoms with Gasteiger partial charge in [-0.25, -0.2) is 0 Å². The Bertz CT molecular complexity index is 356. The number of aromatic nitrogens is 1. The molecule has 1 atom stereocenters. The summed E-state index contributed by atoms with van der Waals surface area (Å²) < 4.78 is 0. The van der Waals surface area contributed by atoms with Crippen molar-refractivity contribution in [2.45, 2.75) is 58.4 Å². The molecule has 1 heterocycles. The van der Waals surface area contributed by atoms with E-state index in [0.29, 0.717) is 6.04 Å². The second-order valence-corrected chi connectivity index (χ2v) is 5.54. The Labute approximate surface area is 111 Å². The molecule has 2 rings (SSSR count). The van der Waals surface area contributed by atoms with E-state index in [2.05, 4.69) is 30.2 Å². The minimum absolute atomic E-state index is 0.464. The van der Waals surface area contributed by atoms with E-state index in [1.54, 1.807) is 0 Å². The summed E-state index contributed by atoms with van der Waals surface area (Å²) >= 11 is 0. The van der Waals surface area contributed by atoms with Gasteiger partial charge in [-0.2, -0.15) is 0 Å². The van der Waals surface area contributed by atoms with Crippen molar-refractivity contribution in [1.82, 2.24) is 10.3 Å². The first-order chi connectivity index (χ1) is 8.83. The molecule has 1 saturated carbocycles. The van der Waals surface area contributed by atoms with Crippen molar-refractivity contribution in [3.05, 3.63) is 29.6 Å². The predicted octanol–water partition coefficient (Wildman–Crippen LogP) is 4.01. The molecule has 1 aliphatic carbocycles. The van der Waals surface area contributed by atoms with E-state index >= 15 is 0 Å². The zero-order valence-electron chi connectivity index (χ0n) is 11.8. The van der Waals surface area contributed by atoms with E-state index in [1.165, 1.54) is 49.8 Å². The number of hydrogen-bond donors (Lipinski definition) is 1. The Morgan fingerprint density at radius 1 is 1.33 bits per heavy atom. The third kappa shape index (κ3) is 3.32. The summed E-state index contributed by atoms with van der Waals surface area (Å²) in [5, 5.41) is 3.73. The fourth-order valence-electron chi connectivity index (χ4n) is 3.08. The quantitative estimate of drug-likeness (QED) is 0.849. The van der Waals surface area contributed by atoms with Crippen LogP contribution in [0, 0.1) is 12.8 Å². The van der Waals surface area contributed by atoms with E-state index in [1.807, 2.05) is 12.3 Å². The molecule has 1 aliphatic rings. The fraction of sp³-hybridized carbons (Fsp3) is 0.688. The van der Waals surface area contributed by atoms with Crippen molar-refractivity contribution in [2.75, 3.05) is 6.54 Å². The average Bonchev–Trinajstić information content (AvgIpc) is 2.42. The maximum atomic E-state index is 4.64. The first-order valence-corrected chi connectivity index (χ1v) is 7.47. The van der Waals surface area contributed by atoms with Gasteiger partial charge in [0.25, 0.3) is 0 Å². The molecule has 1 N–H and O–H groups in total. The Hall–Kier alpha value is -0.890. The lowest BCUT2D eigenvalue weighted by molar-refractivity contribution is 0.267. The smallest absolute Gasteiger partial charge is 0.0605 e. The van der Waals surface area contributed by atoms with Crippen molar-refractivity contribution in [2.24, 2.45) is 5.92 Å². The lowest BCUT2D eigenvalue weighted by atomic mass is 9.81. The highest BCUT2D eigenvalue weighted by molar-refractivity contribution is 5.22. The van der Waals surface area contributed by atoms with E-state index < -0.39 is 0 Å². The van der Waals surface area contributed by atoms with Gasteiger partial charge in [0.1, 0.15) is 0 Å². The predicted molar refractivity (Wildman–Crippen MR) is 76.6 cm³/mol. The summed E-state index contributed by atoms with van der Waals surface area (Å²) in [6, 6.07) is 4.69. The molecule has 0 amide bonds. The van der Waals surface area contributed by atoms with E-state index in [0.717, 1.165) is 12.5 Å². The van der Waals surface area contributed by atoms with Crippen LogP contribution in [0.2, 0.25) is 0 Å². The zero-order valence-corrected chi connectivity index (χ0v) is 11.8. The fourth-order valence-corrected chi connectivity index (χ4v) is 3.08. The molecule has 2 heteroatoms. The van der Waals surface area contributed by atoms with Crippen LogP contribution in [0.25, 0.3) is 0 Å². The lowest BCUT2D eigenvalue weighted by Gasteiger charge is -2.31. The zero-order chi connectivity index (χ0) is 12.8. The molecular weight excluding hydrogens is 220 g/mol. The van der Waals surface area contributed by atoms with E-state index in [9.17, 15) is 0 Å². The Morgan fingerprint density at radius 2 is 2.11 bits per heavy atom. The number of nitrogens with one attached hydrogen (secondary N) is 1. The third-order valence-electron chi connectivity index (χ3n) is 4.08.